The van der Waals surface area contributed by atoms with E-state index in [0.29, 0.717) is 17.7 Å². The molecule has 0 aromatic heterocycles. The summed E-state index contributed by atoms with van der Waals surface area (Å²) in [6, 6.07) is 0.532. The van der Waals surface area contributed by atoms with Crippen LogP contribution in [0.4, 0.5) is 4.79 Å². The van der Waals surface area contributed by atoms with Crippen LogP contribution in [0.3, 0.4) is 0 Å². The van der Waals surface area contributed by atoms with E-state index in [2.05, 4.69) is 10.6 Å². The molecule has 0 aromatic carbocycles. The molecule has 0 saturated carbocycles. The Hall–Kier alpha value is -0.750. The molecule has 0 aliphatic carbocycles. The van der Waals surface area contributed by atoms with E-state index < -0.39 is 0 Å². The molecule has 0 aromatic rings. The Bertz CT molecular complexity index is 311. The zero-order valence-corrected chi connectivity index (χ0v) is 10.6. The number of ketones is 1. The van der Waals surface area contributed by atoms with Crippen molar-refractivity contribution in [3.05, 3.63) is 0 Å². The van der Waals surface area contributed by atoms with Gasteiger partial charge in [0.25, 0.3) is 0 Å². The summed E-state index contributed by atoms with van der Waals surface area (Å²) >= 11 is 1.91. The molecule has 2 heterocycles. The van der Waals surface area contributed by atoms with Crippen LogP contribution >= 0.6 is 11.8 Å². The summed E-state index contributed by atoms with van der Waals surface area (Å²) < 4.78 is 0. The van der Waals surface area contributed by atoms with E-state index in [1.165, 1.54) is 0 Å². The monoisotopic (exact) mass is 257 g/mol. The van der Waals surface area contributed by atoms with Gasteiger partial charge in [0.15, 0.2) is 0 Å². The van der Waals surface area contributed by atoms with Gasteiger partial charge >= 0.3 is 6.03 Å². The number of fused-ring (bicyclic) bond motifs is 1. The molecule has 2 saturated heterocycles. The number of nitrogens with one attached hydrogen (secondary N) is 2. The maximum atomic E-state index is 11.2. The minimum absolute atomic E-state index is 0.0383. The van der Waals surface area contributed by atoms with Crippen LogP contribution in [0.15, 0.2) is 0 Å². The van der Waals surface area contributed by atoms with E-state index in [9.17, 15) is 9.59 Å². The average Bonchev–Trinajstić information content (AvgIpc) is 2.84. The minimum atomic E-state index is -0.0383. The van der Waals surface area contributed by atoms with Crippen molar-refractivity contribution >= 4 is 23.6 Å². The number of unbranched alkanes of at least 4 members (excludes halogenated alkanes) is 1. The van der Waals surface area contributed by atoms with E-state index in [-0.39, 0.29) is 24.4 Å². The van der Waals surface area contributed by atoms with Crippen LogP contribution in [-0.2, 0) is 4.79 Å². The highest BCUT2D eigenvalue weighted by molar-refractivity contribution is 8.00. The van der Waals surface area contributed by atoms with Crippen molar-refractivity contribution in [3.63, 3.8) is 0 Å². The van der Waals surface area contributed by atoms with Crippen molar-refractivity contribution in [1.29, 1.82) is 0 Å². The quantitative estimate of drug-likeness (QED) is 0.470. The molecule has 17 heavy (non-hydrogen) atoms. The molecule has 3 atom stereocenters. The molecular weight excluding hydrogens is 238 g/mol. The highest BCUT2D eigenvalue weighted by Gasteiger charge is 2.42. The number of hydrogen-bond donors (Lipinski definition) is 3. The standard InChI is InChI=1S/C11H19N3O2S/c12-5-7(15)3-1-2-4-9-10-8(6-17-9)13-11(16)14-10/h8-10H,1-6,12H2,(H2,13,14,16)/t8-,9-,10-/m0/s1. The molecule has 0 bridgehead atoms. The SMILES string of the molecule is NCC(=O)CCCC[C@@H]1SC[C@@H]2NC(=O)N[C@@H]21. The summed E-state index contributed by atoms with van der Waals surface area (Å²) in [5, 5.41) is 6.38. The number of thioether (sulfide) groups is 1. The van der Waals surface area contributed by atoms with Gasteiger partial charge in [-0.25, -0.2) is 4.79 Å². The highest BCUT2D eigenvalue weighted by atomic mass is 32.2. The predicted octanol–water partition coefficient (Wildman–Crippen LogP) is 0.240. The minimum Gasteiger partial charge on any atom is -0.332 e. The lowest BCUT2D eigenvalue weighted by atomic mass is 10.0. The fourth-order valence-electron chi connectivity index (χ4n) is 2.41. The Morgan fingerprint density at radius 3 is 3.00 bits per heavy atom. The molecule has 2 amide bonds. The van der Waals surface area contributed by atoms with Gasteiger partial charge in [-0.3, -0.25) is 4.79 Å². The number of amides is 2. The molecule has 2 aliphatic heterocycles. The molecule has 0 radical (unpaired) electrons. The van der Waals surface area contributed by atoms with Gasteiger partial charge in [0.2, 0.25) is 0 Å². The molecule has 96 valence electrons. The second-order valence-corrected chi connectivity index (χ2v) is 5.88. The third-order valence-corrected chi connectivity index (χ3v) is 4.87. The van der Waals surface area contributed by atoms with Crippen molar-refractivity contribution in [3.8, 4) is 0 Å². The molecular formula is C11H19N3O2S. The van der Waals surface area contributed by atoms with Gasteiger partial charge in [0, 0.05) is 17.4 Å². The van der Waals surface area contributed by atoms with E-state index >= 15 is 0 Å². The summed E-state index contributed by atoms with van der Waals surface area (Å²) in [4.78, 5) is 22.2. The van der Waals surface area contributed by atoms with E-state index in [1.54, 1.807) is 0 Å². The molecule has 2 aliphatic rings. The normalized spacial score (nSPS) is 30.9. The Morgan fingerprint density at radius 2 is 2.24 bits per heavy atom. The van der Waals surface area contributed by atoms with Crippen molar-refractivity contribution in [2.75, 3.05) is 12.3 Å². The van der Waals surface area contributed by atoms with Crippen LogP contribution in [-0.4, -0.2) is 41.4 Å². The first-order valence-electron chi connectivity index (χ1n) is 6.11. The van der Waals surface area contributed by atoms with Crippen LogP contribution in [0.2, 0.25) is 0 Å². The third-order valence-electron chi connectivity index (χ3n) is 3.36. The number of carbonyl (C=O) groups is 2. The number of urea groups is 1. The van der Waals surface area contributed by atoms with Gasteiger partial charge in [-0.05, 0) is 12.8 Å². The molecule has 0 unspecified atom stereocenters. The van der Waals surface area contributed by atoms with Crippen LogP contribution in [0.1, 0.15) is 25.7 Å². The van der Waals surface area contributed by atoms with Gasteiger partial charge < -0.3 is 16.4 Å². The molecule has 2 fully saturated rings. The van der Waals surface area contributed by atoms with E-state index in [1.807, 2.05) is 11.8 Å². The first-order valence-corrected chi connectivity index (χ1v) is 7.16. The molecule has 0 spiro atoms. The number of Topliss-reactive ketones (excluding diaryl/α,β-unsaturated/α-hetero) is 1. The number of carbonyl (C=O) groups excluding carboxylic acids is 2. The largest absolute Gasteiger partial charge is 0.332 e. The second-order valence-electron chi connectivity index (χ2n) is 4.61. The van der Waals surface area contributed by atoms with E-state index in [4.69, 9.17) is 5.73 Å². The van der Waals surface area contributed by atoms with Gasteiger partial charge in [-0.2, -0.15) is 11.8 Å². The highest BCUT2D eigenvalue weighted by Crippen LogP contribution is 2.33. The Balaban J connectivity index is 1.66. The first kappa shape index (κ1) is 12.7. The predicted molar refractivity (Wildman–Crippen MR) is 68.0 cm³/mol. The smallest absolute Gasteiger partial charge is 0.315 e. The molecule has 2 rings (SSSR count). The van der Waals surface area contributed by atoms with Crippen LogP contribution < -0.4 is 16.4 Å². The zero-order chi connectivity index (χ0) is 12.3. The Morgan fingerprint density at radius 1 is 1.41 bits per heavy atom. The van der Waals surface area contributed by atoms with Crippen molar-refractivity contribution in [2.24, 2.45) is 5.73 Å². The van der Waals surface area contributed by atoms with Gasteiger partial charge in [0.05, 0.1) is 18.6 Å². The van der Waals surface area contributed by atoms with Crippen LogP contribution in [0.25, 0.3) is 0 Å². The second kappa shape index (κ2) is 5.73. The fraction of sp³-hybridized carbons (Fsp3) is 0.818. The number of rotatable bonds is 6. The van der Waals surface area contributed by atoms with Crippen LogP contribution in [0, 0.1) is 0 Å². The maximum Gasteiger partial charge on any atom is 0.315 e. The van der Waals surface area contributed by atoms with Gasteiger partial charge in [0.1, 0.15) is 5.78 Å². The molecule has 6 heteroatoms. The lowest BCUT2D eigenvalue weighted by Crippen LogP contribution is -2.36. The van der Waals surface area contributed by atoms with Crippen molar-refractivity contribution in [1.82, 2.24) is 10.6 Å². The Labute approximate surface area is 105 Å². The zero-order valence-electron chi connectivity index (χ0n) is 9.78. The first-order chi connectivity index (χ1) is 8.20. The van der Waals surface area contributed by atoms with Gasteiger partial charge in [-0.15, -0.1) is 0 Å². The van der Waals surface area contributed by atoms with Crippen molar-refractivity contribution in [2.45, 2.75) is 43.0 Å². The fourth-order valence-corrected chi connectivity index (χ4v) is 3.96. The topological polar surface area (TPSA) is 84.2 Å². The van der Waals surface area contributed by atoms with E-state index in [0.717, 1.165) is 25.0 Å². The summed E-state index contributed by atoms with van der Waals surface area (Å²) in [5.74, 6) is 1.13. The van der Waals surface area contributed by atoms with Crippen LogP contribution in [0.5, 0.6) is 0 Å². The summed E-state index contributed by atoms with van der Waals surface area (Å²) in [6.45, 7) is 0.156. The lowest BCUT2D eigenvalue weighted by molar-refractivity contribution is -0.117. The molecule has 5 nitrogen and oxygen atoms in total. The lowest BCUT2D eigenvalue weighted by Gasteiger charge is -2.16. The van der Waals surface area contributed by atoms with Crippen molar-refractivity contribution < 1.29 is 9.59 Å². The number of nitrogens with two attached hydrogens (primary N) is 1. The summed E-state index contributed by atoms with van der Waals surface area (Å²) in [6.07, 6.45) is 3.59. The summed E-state index contributed by atoms with van der Waals surface area (Å²) in [5.41, 5.74) is 5.25. The number of hydrogen-bond acceptors (Lipinski definition) is 4. The van der Waals surface area contributed by atoms with Gasteiger partial charge in [-0.1, -0.05) is 6.42 Å². The average molecular weight is 257 g/mol. The molecule has 4 N–H and O–H groups in total. The summed E-state index contributed by atoms with van der Waals surface area (Å²) in [7, 11) is 0. The third kappa shape index (κ3) is 3.13. The Kier molecular flexibility index (Phi) is 4.28. The maximum absolute atomic E-state index is 11.2.